The Kier molecular flexibility index (Phi) is 5.35. The molecule has 126 valence electrons. The minimum Gasteiger partial charge on any atom is -0.480 e. The average molecular weight is 343 g/mol. The number of rotatable bonds is 6. The smallest absolute Gasteiger partial charge is 0.326 e. The van der Waals surface area contributed by atoms with Gasteiger partial charge in [0.1, 0.15) is 18.2 Å². The van der Waals surface area contributed by atoms with Crippen LogP contribution in [-0.2, 0) is 17.6 Å². The maximum Gasteiger partial charge on any atom is 0.326 e. The highest BCUT2D eigenvalue weighted by molar-refractivity contribution is 7.98. The number of carbonyl (C=O) groups is 1. The first-order valence-electron chi connectivity index (χ1n) is 8.11. The number of nitrogens with one attached hydrogen (secondary N) is 1. The van der Waals surface area contributed by atoms with Crippen molar-refractivity contribution in [2.24, 2.45) is 0 Å². The molecule has 1 heterocycles. The van der Waals surface area contributed by atoms with E-state index in [0.29, 0.717) is 12.2 Å². The number of aryl methyl sites for hydroxylation is 1. The first kappa shape index (κ1) is 16.8. The Hall–Kier alpha value is -2.08. The second-order valence-electron chi connectivity index (χ2n) is 5.88. The Morgan fingerprint density at radius 3 is 2.96 bits per heavy atom. The molecule has 0 aliphatic heterocycles. The standard InChI is InChI=1S/C18H21N3O2S/c1-24-10-9-15(18(22)23)21-17-14-8-4-6-12-5-2-3-7-13(12)16(14)19-11-20-17/h2-3,5,7,11,15H,4,6,8-10H2,1H3,(H,22,23)(H,19,20,21)/t15-/m0/s1. The van der Waals surface area contributed by atoms with Gasteiger partial charge in [0, 0.05) is 11.1 Å². The normalized spacial score (nSPS) is 14.2. The van der Waals surface area contributed by atoms with Crippen molar-refractivity contribution in [3.8, 4) is 11.3 Å². The predicted octanol–water partition coefficient (Wildman–Crippen LogP) is 3.25. The molecule has 0 radical (unpaired) electrons. The number of fused-ring (bicyclic) bond motifs is 3. The number of nitrogens with zero attached hydrogens (tertiary/aromatic N) is 2. The molecule has 6 heteroatoms. The third-order valence-corrected chi connectivity index (χ3v) is 4.95. The van der Waals surface area contributed by atoms with E-state index >= 15 is 0 Å². The second kappa shape index (κ2) is 7.66. The van der Waals surface area contributed by atoms with E-state index < -0.39 is 12.0 Å². The minimum atomic E-state index is -0.842. The van der Waals surface area contributed by atoms with Gasteiger partial charge in [-0.15, -0.1) is 0 Å². The van der Waals surface area contributed by atoms with Crippen LogP contribution in [0, 0.1) is 0 Å². The number of anilines is 1. The van der Waals surface area contributed by atoms with Crippen molar-refractivity contribution < 1.29 is 9.90 Å². The molecule has 3 rings (SSSR count). The van der Waals surface area contributed by atoms with Gasteiger partial charge in [-0.3, -0.25) is 0 Å². The van der Waals surface area contributed by atoms with Crippen LogP contribution < -0.4 is 5.32 Å². The van der Waals surface area contributed by atoms with Crippen molar-refractivity contribution in [2.75, 3.05) is 17.3 Å². The first-order valence-corrected chi connectivity index (χ1v) is 9.50. The lowest BCUT2D eigenvalue weighted by atomic mass is 10.0. The van der Waals surface area contributed by atoms with Crippen molar-refractivity contribution in [3.63, 3.8) is 0 Å². The van der Waals surface area contributed by atoms with Crippen LogP contribution >= 0.6 is 11.8 Å². The van der Waals surface area contributed by atoms with Gasteiger partial charge >= 0.3 is 5.97 Å². The summed E-state index contributed by atoms with van der Waals surface area (Å²) in [5.74, 6) is 0.607. The molecule has 5 nitrogen and oxygen atoms in total. The van der Waals surface area contributed by atoms with Gasteiger partial charge in [0.15, 0.2) is 0 Å². The number of hydrogen-bond donors (Lipinski definition) is 2. The highest BCUT2D eigenvalue weighted by Gasteiger charge is 2.23. The molecule has 24 heavy (non-hydrogen) atoms. The number of carboxylic acid groups (broad SMARTS) is 1. The molecule has 0 amide bonds. The average Bonchev–Trinajstić information content (AvgIpc) is 2.78. The van der Waals surface area contributed by atoms with E-state index in [4.69, 9.17) is 0 Å². The zero-order chi connectivity index (χ0) is 16.9. The number of carboxylic acids is 1. The molecule has 0 unspecified atom stereocenters. The van der Waals surface area contributed by atoms with Crippen LogP contribution in [0.5, 0.6) is 0 Å². The Balaban J connectivity index is 1.96. The summed E-state index contributed by atoms with van der Waals surface area (Å²) in [6, 6.07) is 7.65. The van der Waals surface area contributed by atoms with Gasteiger partial charge in [-0.1, -0.05) is 24.3 Å². The van der Waals surface area contributed by atoms with Gasteiger partial charge in [0.2, 0.25) is 0 Å². The van der Waals surface area contributed by atoms with E-state index in [1.165, 1.54) is 11.9 Å². The fraction of sp³-hybridized carbons (Fsp3) is 0.389. The highest BCUT2D eigenvalue weighted by atomic mass is 32.2. The number of aromatic nitrogens is 2. The first-order chi connectivity index (χ1) is 11.7. The van der Waals surface area contributed by atoms with E-state index in [-0.39, 0.29) is 0 Å². The zero-order valence-electron chi connectivity index (χ0n) is 13.7. The summed E-state index contributed by atoms with van der Waals surface area (Å²) < 4.78 is 0. The van der Waals surface area contributed by atoms with E-state index in [0.717, 1.165) is 41.8 Å². The van der Waals surface area contributed by atoms with Crippen LogP contribution in [0.1, 0.15) is 24.0 Å². The largest absolute Gasteiger partial charge is 0.480 e. The summed E-state index contributed by atoms with van der Waals surface area (Å²) in [6.45, 7) is 0. The molecular weight excluding hydrogens is 322 g/mol. The molecule has 1 aromatic heterocycles. The molecule has 0 saturated carbocycles. The number of thioether (sulfide) groups is 1. The van der Waals surface area contributed by atoms with E-state index in [1.807, 2.05) is 18.4 Å². The van der Waals surface area contributed by atoms with Crippen LogP contribution in [0.3, 0.4) is 0 Å². The number of hydrogen-bond acceptors (Lipinski definition) is 5. The minimum absolute atomic E-state index is 0.561. The lowest BCUT2D eigenvalue weighted by Crippen LogP contribution is -2.31. The maximum absolute atomic E-state index is 11.5. The van der Waals surface area contributed by atoms with Gasteiger partial charge in [-0.05, 0) is 43.3 Å². The van der Waals surface area contributed by atoms with E-state index in [1.54, 1.807) is 11.8 Å². The third-order valence-electron chi connectivity index (χ3n) is 4.31. The molecule has 1 aromatic carbocycles. The topological polar surface area (TPSA) is 75.1 Å². The van der Waals surface area contributed by atoms with Crippen molar-refractivity contribution in [1.82, 2.24) is 9.97 Å². The number of benzene rings is 1. The Morgan fingerprint density at radius 1 is 1.33 bits per heavy atom. The van der Waals surface area contributed by atoms with Gasteiger partial charge < -0.3 is 10.4 Å². The summed E-state index contributed by atoms with van der Waals surface area (Å²) >= 11 is 1.64. The van der Waals surface area contributed by atoms with Crippen LogP contribution in [0.2, 0.25) is 0 Å². The summed E-state index contributed by atoms with van der Waals surface area (Å²) in [5, 5.41) is 12.6. The summed E-state index contributed by atoms with van der Waals surface area (Å²) in [6.07, 6.45) is 6.92. The van der Waals surface area contributed by atoms with Crippen LogP contribution in [0.4, 0.5) is 5.82 Å². The Labute approximate surface area is 145 Å². The van der Waals surface area contributed by atoms with Crippen LogP contribution in [-0.4, -0.2) is 39.1 Å². The SMILES string of the molecule is CSCC[C@H](Nc1ncnc2c1CCCc1ccccc1-2)C(=O)O. The summed E-state index contributed by atoms with van der Waals surface area (Å²) in [7, 11) is 0. The fourth-order valence-corrected chi connectivity index (χ4v) is 3.56. The van der Waals surface area contributed by atoms with Crippen molar-refractivity contribution in [2.45, 2.75) is 31.7 Å². The molecule has 2 aromatic rings. The molecule has 0 saturated heterocycles. The van der Waals surface area contributed by atoms with Crippen LogP contribution in [0.15, 0.2) is 30.6 Å². The fourth-order valence-electron chi connectivity index (χ4n) is 3.09. The zero-order valence-corrected chi connectivity index (χ0v) is 14.5. The predicted molar refractivity (Wildman–Crippen MR) is 97.5 cm³/mol. The third kappa shape index (κ3) is 3.53. The molecule has 2 N–H and O–H groups in total. The van der Waals surface area contributed by atoms with Crippen molar-refractivity contribution in [3.05, 3.63) is 41.7 Å². The Morgan fingerprint density at radius 2 is 2.17 bits per heavy atom. The lowest BCUT2D eigenvalue weighted by Gasteiger charge is -2.18. The Bertz CT molecular complexity index is 736. The molecule has 0 fully saturated rings. The molecule has 0 spiro atoms. The highest BCUT2D eigenvalue weighted by Crippen LogP contribution is 2.33. The summed E-state index contributed by atoms with van der Waals surface area (Å²) in [5.41, 5.74) is 4.37. The van der Waals surface area contributed by atoms with Crippen LogP contribution in [0.25, 0.3) is 11.3 Å². The quantitative estimate of drug-likeness (QED) is 0.838. The van der Waals surface area contributed by atoms with Gasteiger partial charge in [-0.2, -0.15) is 11.8 Å². The molecule has 1 aliphatic rings. The monoisotopic (exact) mass is 343 g/mol. The second-order valence-corrected chi connectivity index (χ2v) is 6.86. The van der Waals surface area contributed by atoms with Crippen molar-refractivity contribution in [1.29, 1.82) is 0 Å². The van der Waals surface area contributed by atoms with E-state index in [9.17, 15) is 9.90 Å². The van der Waals surface area contributed by atoms with Gasteiger partial charge in [-0.25, -0.2) is 14.8 Å². The van der Waals surface area contributed by atoms with E-state index in [2.05, 4.69) is 27.4 Å². The maximum atomic E-state index is 11.5. The molecule has 0 bridgehead atoms. The number of aliphatic carboxylic acids is 1. The summed E-state index contributed by atoms with van der Waals surface area (Å²) in [4.78, 5) is 20.4. The van der Waals surface area contributed by atoms with Crippen molar-refractivity contribution >= 4 is 23.5 Å². The molecule has 1 aliphatic carbocycles. The van der Waals surface area contributed by atoms with Gasteiger partial charge in [0.05, 0.1) is 5.69 Å². The van der Waals surface area contributed by atoms with Gasteiger partial charge in [0.25, 0.3) is 0 Å². The molecule has 1 atom stereocenters. The lowest BCUT2D eigenvalue weighted by molar-refractivity contribution is -0.137. The molecular formula is C18H21N3O2S.